The molecule has 2 aromatic rings. The topological polar surface area (TPSA) is 49.9 Å². The number of benzene rings is 2. The van der Waals surface area contributed by atoms with Crippen molar-refractivity contribution in [2.75, 3.05) is 31.1 Å². The van der Waals surface area contributed by atoms with E-state index in [1.807, 2.05) is 0 Å². The predicted octanol–water partition coefficient (Wildman–Crippen LogP) is 3.89. The van der Waals surface area contributed by atoms with E-state index >= 15 is 0 Å². The largest absolute Gasteiger partial charge is 0.573 e. The van der Waals surface area contributed by atoms with Crippen molar-refractivity contribution in [1.82, 2.24) is 4.90 Å². The van der Waals surface area contributed by atoms with Crippen LogP contribution in [-0.2, 0) is 0 Å². The maximum Gasteiger partial charge on any atom is 0.573 e. The first-order valence-corrected chi connectivity index (χ1v) is 8.84. The van der Waals surface area contributed by atoms with Crippen LogP contribution in [-0.4, -0.2) is 49.1 Å². The van der Waals surface area contributed by atoms with Crippen LogP contribution in [0.5, 0.6) is 5.75 Å². The third-order valence-corrected chi connectivity index (χ3v) is 4.60. The molecule has 0 radical (unpaired) electrons. The Labute approximate surface area is 164 Å². The Morgan fingerprint density at radius 3 is 2.03 bits per heavy atom. The van der Waals surface area contributed by atoms with Gasteiger partial charge in [0.05, 0.1) is 5.69 Å². The molecule has 0 bridgehead atoms. The van der Waals surface area contributed by atoms with Crippen LogP contribution < -0.4 is 9.64 Å². The highest BCUT2D eigenvalue weighted by atomic mass is 19.4. The van der Waals surface area contributed by atoms with E-state index in [4.69, 9.17) is 0 Å². The molecular weight excluding hydrogens is 392 g/mol. The second-order valence-electron chi connectivity index (χ2n) is 6.57. The average Bonchev–Trinajstić information content (AvgIpc) is 2.67. The number of ether oxygens (including phenoxy) is 1. The maximum absolute atomic E-state index is 14.3. The monoisotopic (exact) mass is 410 g/mol. The molecule has 0 spiro atoms. The van der Waals surface area contributed by atoms with Gasteiger partial charge in [-0.15, -0.1) is 13.2 Å². The Bertz CT molecular complexity index is 905. The number of ketones is 1. The molecule has 1 fully saturated rings. The molecule has 154 valence electrons. The van der Waals surface area contributed by atoms with Gasteiger partial charge in [-0.05, 0) is 49.4 Å². The summed E-state index contributed by atoms with van der Waals surface area (Å²) in [7, 11) is 0. The molecule has 9 heteroatoms. The summed E-state index contributed by atoms with van der Waals surface area (Å²) >= 11 is 0. The molecule has 1 saturated heterocycles. The summed E-state index contributed by atoms with van der Waals surface area (Å²) in [5, 5.41) is 0. The van der Waals surface area contributed by atoms with Crippen LogP contribution in [0.15, 0.2) is 42.5 Å². The number of rotatable bonds is 4. The van der Waals surface area contributed by atoms with Crippen molar-refractivity contribution in [3.63, 3.8) is 0 Å². The summed E-state index contributed by atoms with van der Waals surface area (Å²) in [6.45, 7) is 2.79. The highest BCUT2D eigenvalue weighted by molar-refractivity contribution is 5.95. The van der Waals surface area contributed by atoms with Gasteiger partial charge in [0.1, 0.15) is 11.6 Å². The van der Waals surface area contributed by atoms with E-state index in [-0.39, 0.29) is 22.8 Å². The van der Waals surface area contributed by atoms with E-state index in [1.165, 1.54) is 25.1 Å². The summed E-state index contributed by atoms with van der Waals surface area (Å²) in [4.78, 5) is 27.2. The zero-order chi connectivity index (χ0) is 21.2. The summed E-state index contributed by atoms with van der Waals surface area (Å²) in [5.74, 6) is -1.45. The number of alkyl halides is 3. The fraction of sp³-hybridized carbons (Fsp3) is 0.300. The van der Waals surface area contributed by atoms with Crippen LogP contribution >= 0.6 is 0 Å². The first-order valence-electron chi connectivity index (χ1n) is 8.84. The van der Waals surface area contributed by atoms with Gasteiger partial charge < -0.3 is 14.5 Å². The molecule has 1 aliphatic rings. The Morgan fingerprint density at radius 1 is 0.931 bits per heavy atom. The molecule has 0 N–H and O–H groups in total. The number of carbonyl (C=O) groups excluding carboxylic acids is 2. The van der Waals surface area contributed by atoms with Crippen LogP contribution in [0.2, 0.25) is 0 Å². The first kappa shape index (κ1) is 20.6. The van der Waals surface area contributed by atoms with Crippen LogP contribution in [0.25, 0.3) is 0 Å². The fourth-order valence-corrected chi connectivity index (χ4v) is 3.11. The summed E-state index contributed by atoms with van der Waals surface area (Å²) in [5.41, 5.74) is 0.888. The predicted molar refractivity (Wildman–Crippen MR) is 97.6 cm³/mol. The number of amides is 1. The van der Waals surface area contributed by atoms with Crippen molar-refractivity contribution in [3.8, 4) is 5.75 Å². The summed E-state index contributed by atoms with van der Waals surface area (Å²) < 4.78 is 54.7. The second kappa shape index (κ2) is 8.10. The number of carbonyl (C=O) groups is 2. The second-order valence-corrected chi connectivity index (χ2v) is 6.57. The SMILES string of the molecule is CC(=O)c1ccc(N2CCN(C(=O)c3ccc(OC(F)(F)F)cc3)CC2)c(F)c1. The molecule has 0 atom stereocenters. The molecular formula is C20H18F4N2O3. The molecule has 1 heterocycles. The third kappa shape index (κ3) is 5.04. The molecule has 3 rings (SSSR count). The lowest BCUT2D eigenvalue weighted by Crippen LogP contribution is -2.49. The van der Waals surface area contributed by atoms with Crippen molar-refractivity contribution < 1.29 is 31.9 Å². The van der Waals surface area contributed by atoms with Gasteiger partial charge in [0.2, 0.25) is 0 Å². The van der Waals surface area contributed by atoms with Gasteiger partial charge in [-0.1, -0.05) is 0 Å². The normalized spacial score (nSPS) is 14.7. The van der Waals surface area contributed by atoms with Gasteiger partial charge >= 0.3 is 6.36 Å². The molecule has 5 nitrogen and oxygen atoms in total. The molecule has 0 aromatic heterocycles. The van der Waals surface area contributed by atoms with Gasteiger partial charge in [0.25, 0.3) is 5.91 Å². The molecule has 0 aliphatic carbocycles. The number of piperazine rings is 1. The number of anilines is 1. The number of hydrogen-bond acceptors (Lipinski definition) is 4. The van der Waals surface area contributed by atoms with Crippen LogP contribution in [0.3, 0.4) is 0 Å². The Kier molecular flexibility index (Phi) is 5.76. The van der Waals surface area contributed by atoms with E-state index in [0.29, 0.717) is 31.9 Å². The van der Waals surface area contributed by atoms with Crippen molar-refractivity contribution in [1.29, 1.82) is 0 Å². The number of halogens is 4. The molecule has 1 amide bonds. The van der Waals surface area contributed by atoms with Crippen molar-refractivity contribution >= 4 is 17.4 Å². The van der Waals surface area contributed by atoms with Crippen LogP contribution in [0, 0.1) is 5.82 Å². The minimum Gasteiger partial charge on any atom is -0.406 e. The lowest BCUT2D eigenvalue weighted by molar-refractivity contribution is -0.274. The lowest BCUT2D eigenvalue weighted by Gasteiger charge is -2.36. The molecule has 29 heavy (non-hydrogen) atoms. The van der Waals surface area contributed by atoms with E-state index in [0.717, 1.165) is 12.1 Å². The van der Waals surface area contributed by atoms with E-state index in [2.05, 4.69) is 4.74 Å². The zero-order valence-corrected chi connectivity index (χ0v) is 15.5. The Hall–Kier alpha value is -3.10. The molecule has 0 unspecified atom stereocenters. The number of Topliss-reactive ketones (excluding diaryl/α,β-unsaturated/α-hetero) is 1. The number of nitrogens with zero attached hydrogens (tertiary/aromatic N) is 2. The Morgan fingerprint density at radius 2 is 1.52 bits per heavy atom. The van der Waals surface area contributed by atoms with Gasteiger partial charge in [0, 0.05) is 37.3 Å². The van der Waals surface area contributed by atoms with Crippen molar-refractivity contribution in [3.05, 3.63) is 59.4 Å². The molecule has 0 saturated carbocycles. The fourth-order valence-electron chi connectivity index (χ4n) is 3.11. The van der Waals surface area contributed by atoms with Crippen molar-refractivity contribution in [2.45, 2.75) is 13.3 Å². The Balaban J connectivity index is 1.62. The first-order chi connectivity index (χ1) is 13.6. The standard InChI is InChI=1S/C20H18F4N2O3/c1-13(27)15-4-7-18(17(21)12-15)25-8-10-26(11-9-25)19(28)14-2-5-16(6-3-14)29-20(22,23)24/h2-7,12H,8-11H2,1H3. The molecule has 1 aliphatic heterocycles. The summed E-state index contributed by atoms with van der Waals surface area (Å²) in [6, 6.07) is 9.02. The highest BCUT2D eigenvalue weighted by Crippen LogP contribution is 2.25. The average molecular weight is 410 g/mol. The maximum atomic E-state index is 14.3. The summed E-state index contributed by atoms with van der Waals surface area (Å²) in [6.07, 6.45) is -4.79. The van der Waals surface area contributed by atoms with Gasteiger partial charge in [-0.25, -0.2) is 4.39 Å². The van der Waals surface area contributed by atoms with E-state index in [1.54, 1.807) is 21.9 Å². The minimum atomic E-state index is -4.79. The van der Waals surface area contributed by atoms with E-state index < -0.39 is 17.9 Å². The van der Waals surface area contributed by atoms with Crippen molar-refractivity contribution in [2.24, 2.45) is 0 Å². The number of hydrogen-bond donors (Lipinski definition) is 0. The smallest absolute Gasteiger partial charge is 0.406 e. The van der Waals surface area contributed by atoms with Crippen LogP contribution in [0.4, 0.5) is 23.2 Å². The lowest BCUT2D eigenvalue weighted by atomic mass is 10.1. The van der Waals surface area contributed by atoms with E-state index in [9.17, 15) is 27.2 Å². The van der Waals surface area contributed by atoms with Gasteiger partial charge in [-0.3, -0.25) is 9.59 Å². The third-order valence-electron chi connectivity index (χ3n) is 4.60. The zero-order valence-electron chi connectivity index (χ0n) is 15.5. The highest BCUT2D eigenvalue weighted by Gasteiger charge is 2.31. The quantitative estimate of drug-likeness (QED) is 0.567. The van der Waals surface area contributed by atoms with Gasteiger partial charge in [-0.2, -0.15) is 0 Å². The molecule has 2 aromatic carbocycles. The van der Waals surface area contributed by atoms with Crippen LogP contribution in [0.1, 0.15) is 27.6 Å². The minimum absolute atomic E-state index is 0.225. The van der Waals surface area contributed by atoms with Gasteiger partial charge in [0.15, 0.2) is 5.78 Å².